The van der Waals surface area contributed by atoms with Crippen LogP contribution in [0.4, 0.5) is 0 Å². The molecular weight excluding hydrogens is 310 g/mol. The maximum Gasteiger partial charge on any atom is 0.131 e. The first-order chi connectivity index (χ1) is 11.9. The number of hydrogen-bond acceptors (Lipinski definition) is 3. The average molecular weight is 337 g/mol. The Morgan fingerprint density at radius 2 is 1.88 bits per heavy atom. The highest BCUT2D eigenvalue weighted by Crippen LogP contribution is 2.42. The summed E-state index contributed by atoms with van der Waals surface area (Å²) >= 11 is 0. The van der Waals surface area contributed by atoms with Crippen LogP contribution in [-0.4, -0.2) is 37.7 Å². The Morgan fingerprint density at radius 3 is 2.60 bits per heavy atom. The molecule has 0 atom stereocenters. The number of nitrogens with zero attached hydrogens (tertiary/aromatic N) is 1. The third kappa shape index (κ3) is 4.64. The van der Waals surface area contributed by atoms with Gasteiger partial charge in [-0.2, -0.15) is 0 Å². The summed E-state index contributed by atoms with van der Waals surface area (Å²) in [5, 5.41) is 0. The van der Waals surface area contributed by atoms with E-state index < -0.39 is 0 Å². The molecule has 3 heteroatoms. The average Bonchev–Trinajstić information content (AvgIpc) is 2.54. The van der Waals surface area contributed by atoms with Gasteiger partial charge in [0.15, 0.2) is 0 Å². The van der Waals surface area contributed by atoms with Crippen molar-refractivity contribution in [2.75, 3.05) is 27.2 Å². The van der Waals surface area contributed by atoms with Crippen molar-refractivity contribution in [3.8, 4) is 11.5 Å². The summed E-state index contributed by atoms with van der Waals surface area (Å²) in [5.41, 5.74) is 3.45. The Balaban J connectivity index is 1.88. The Labute approximate surface area is 150 Å². The van der Waals surface area contributed by atoms with Crippen LogP contribution in [0.25, 0.3) is 11.6 Å². The van der Waals surface area contributed by atoms with Gasteiger partial charge < -0.3 is 14.4 Å². The first-order valence-corrected chi connectivity index (χ1v) is 8.79. The molecule has 0 amide bonds. The predicted octanol–water partition coefficient (Wildman–Crippen LogP) is 4.73. The summed E-state index contributed by atoms with van der Waals surface area (Å²) < 4.78 is 12.1. The fraction of sp³-hybridized carbons (Fsp3) is 0.364. The Kier molecular flexibility index (Phi) is 5.14. The maximum atomic E-state index is 6.22. The molecule has 1 aliphatic rings. The lowest BCUT2D eigenvalue weighted by Crippen LogP contribution is -2.32. The van der Waals surface area contributed by atoms with Crippen LogP contribution in [0.1, 0.15) is 31.4 Å². The van der Waals surface area contributed by atoms with E-state index in [1.165, 1.54) is 11.1 Å². The molecule has 132 valence electrons. The van der Waals surface area contributed by atoms with E-state index in [-0.39, 0.29) is 5.60 Å². The van der Waals surface area contributed by atoms with E-state index in [2.05, 4.69) is 55.2 Å². The van der Waals surface area contributed by atoms with Gasteiger partial charge in [0.05, 0.1) is 0 Å². The Bertz CT molecular complexity index is 748. The molecule has 0 saturated carbocycles. The summed E-state index contributed by atoms with van der Waals surface area (Å²) in [4.78, 5) is 2.11. The normalized spacial score (nSPS) is 17.2. The van der Waals surface area contributed by atoms with E-state index in [1.54, 1.807) is 0 Å². The minimum absolute atomic E-state index is 0.226. The molecule has 0 radical (unpaired) electrons. The number of ether oxygens (including phenoxy) is 2. The summed E-state index contributed by atoms with van der Waals surface area (Å²) in [6.45, 7) is 5.83. The second kappa shape index (κ2) is 7.32. The van der Waals surface area contributed by atoms with Gasteiger partial charge >= 0.3 is 0 Å². The predicted molar refractivity (Wildman–Crippen MR) is 104 cm³/mol. The molecule has 0 spiro atoms. The zero-order valence-corrected chi connectivity index (χ0v) is 15.6. The van der Waals surface area contributed by atoms with Gasteiger partial charge in [-0.3, -0.25) is 0 Å². The molecule has 0 fully saturated rings. The van der Waals surface area contributed by atoms with Crippen molar-refractivity contribution in [1.82, 2.24) is 4.90 Å². The van der Waals surface area contributed by atoms with Gasteiger partial charge in [-0.1, -0.05) is 36.4 Å². The van der Waals surface area contributed by atoms with Gasteiger partial charge in [0.2, 0.25) is 0 Å². The Hall–Kier alpha value is -2.26. The fourth-order valence-corrected chi connectivity index (χ4v) is 3.06. The second-order valence-corrected chi connectivity index (χ2v) is 7.43. The molecule has 0 aliphatic carbocycles. The second-order valence-electron chi connectivity index (χ2n) is 7.43. The van der Waals surface area contributed by atoms with Crippen LogP contribution >= 0.6 is 0 Å². The Morgan fingerprint density at radius 1 is 1.12 bits per heavy atom. The summed E-state index contributed by atoms with van der Waals surface area (Å²) in [6, 6.07) is 16.6. The molecule has 2 aromatic rings. The molecule has 1 aliphatic heterocycles. The van der Waals surface area contributed by atoms with E-state index >= 15 is 0 Å². The highest BCUT2D eigenvalue weighted by Gasteiger charge is 2.30. The van der Waals surface area contributed by atoms with E-state index in [0.29, 0.717) is 6.61 Å². The lowest BCUT2D eigenvalue weighted by atomic mass is 9.88. The van der Waals surface area contributed by atoms with Crippen molar-refractivity contribution in [3.05, 3.63) is 59.7 Å². The molecule has 0 saturated heterocycles. The van der Waals surface area contributed by atoms with Crippen LogP contribution in [0.5, 0.6) is 11.5 Å². The molecule has 0 N–H and O–H groups in total. The summed E-state index contributed by atoms with van der Waals surface area (Å²) in [5.74, 6) is 1.76. The molecule has 25 heavy (non-hydrogen) atoms. The zero-order valence-electron chi connectivity index (χ0n) is 15.6. The maximum absolute atomic E-state index is 6.22. The molecule has 0 unspecified atom stereocenters. The monoisotopic (exact) mass is 337 g/mol. The first-order valence-electron chi connectivity index (χ1n) is 8.79. The van der Waals surface area contributed by atoms with Gasteiger partial charge in [-0.05, 0) is 51.2 Å². The topological polar surface area (TPSA) is 21.7 Å². The largest absolute Gasteiger partial charge is 0.492 e. The highest BCUT2D eigenvalue weighted by molar-refractivity contribution is 5.85. The van der Waals surface area contributed by atoms with Crippen molar-refractivity contribution in [3.63, 3.8) is 0 Å². The van der Waals surface area contributed by atoms with Crippen LogP contribution in [0.3, 0.4) is 0 Å². The molecule has 0 bridgehead atoms. The van der Waals surface area contributed by atoms with Gasteiger partial charge in [-0.25, -0.2) is 0 Å². The van der Waals surface area contributed by atoms with Crippen LogP contribution < -0.4 is 9.47 Å². The van der Waals surface area contributed by atoms with Crippen molar-refractivity contribution in [2.45, 2.75) is 25.9 Å². The number of rotatable bonds is 5. The van der Waals surface area contributed by atoms with Gasteiger partial charge in [0, 0.05) is 24.6 Å². The molecule has 1 heterocycles. The summed E-state index contributed by atoms with van der Waals surface area (Å²) in [6.07, 6.45) is 3.14. The first kappa shape index (κ1) is 17.6. The highest BCUT2D eigenvalue weighted by atomic mass is 16.5. The molecule has 0 aromatic heterocycles. The van der Waals surface area contributed by atoms with Gasteiger partial charge in [-0.15, -0.1) is 0 Å². The quantitative estimate of drug-likeness (QED) is 0.787. The van der Waals surface area contributed by atoms with Crippen molar-refractivity contribution < 1.29 is 9.47 Å². The number of benzene rings is 2. The third-order valence-electron chi connectivity index (χ3n) is 4.25. The van der Waals surface area contributed by atoms with Crippen LogP contribution in [-0.2, 0) is 0 Å². The van der Waals surface area contributed by atoms with E-state index in [1.807, 2.05) is 32.3 Å². The molecule has 2 aromatic carbocycles. The zero-order chi connectivity index (χ0) is 17.9. The number of fused-ring (bicyclic) bond motifs is 1. The van der Waals surface area contributed by atoms with E-state index in [4.69, 9.17) is 9.47 Å². The van der Waals surface area contributed by atoms with E-state index in [0.717, 1.165) is 30.0 Å². The molecular formula is C22H27NO2. The summed E-state index contributed by atoms with van der Waals surface area (Å²) in [7, 11) is 4.09. The lowest BCUT2D eigenvalue weighted by molar-refractivity contribution is 0.107. The van der Waals surface area contributed by atoms with Crippen molar-refractivity contribution >= 4 is 11.6 Å². The fourth-order valence-electron chi connectivity index (χ4n) is 3.06. The molecule has 3 rings (SSSR count). The van der Waals surface area contributed by atoms with Gasteiger partial charge in [0.25, 0.3) is 0 Å². The minimum atomic E-state index is -0.226. The van der Waals surface area contributed by atoms with Gasteiger partial charge in [0.1, 0.15) is 23.7 Å². The SMILES string of the molecule is CN(C)CCOc1ccc2c(c1)OC(C)(C)CC2=Cc1ccccc1. The number of likely N-dealkylation sites (N-methyl/N-ethyl adjacent to an activating group) is 1. The third-order valence-corrected chi connectivity index (χ3v) is 4.25. The van der Waals surface area contributed by atoms with Crippen LogP contribution in [0.2, 0.25) is 0 Å². The molecule has 3 nitrogen and oxygen atoms in total. The van der Waals surface area contributed by atoms with E-state index in [9.17, 15) is 0 Å². The van der Waals surface area contributed by atoms with Crippen LogP contribution in [0.15, 0.2) is 48.5 Å². The standard InChI is InChI=1S/C22H27NO2/c1-22(2)16-18(14-17-8-6-5-7-9-17)20-11-10-19(15-21(20)25-22)24-13-12-23(3)4/h5-11,14-15H,12-13,16H2,1-4H3. The minimum Gasteiger partial charge on any atom is -0.492 e. The van der Waals surface area contributed by atoms with Crippen LogP contribution in [0, 0.1) is 0 Å². The van der Waals surface area contributed by atoms with Crippen molar-refractivity contribution in [1.29, 1.82) is 0 Å². The smallest absolute Gasteiger partial charge is 0.131 e. The van der Waals surface area contributed by atoms with Crippen molar-refractivity contribution in [2.24, 2.45) is 0 Å². The lowest BCUT2D eigenvalue weighted by Gasteiger charge is -2.34. The number of hydrogen-bond donors (Lipinski definition) is 0.